The molecule has 0 bridgehead atoms. The molecular weight excluding hydrogens is 584 g/mol. The van der Waals surface area contributed by atoms with Gasteiger partial charge in [0, 0.05) is 32.2 Å². The number of benzene rings is 2. The Bertz CT molecular complexity index is 1240. The van der Waals surface area contributed by atoms with Crippen LogP contribution in [-0.4, -0.2) is 54.9 Å². The molecule has 5 atom stereocenters. The average molecular weight is 620 g/mol. The predicted octanol–water partition coefficient (Wildman–Crippen LogP) is 4.71. The number of hydrogen-bond acceptors (Lipinski definition) is 9. The van der Waals surface area contributed by atoms with Crippen molar-refractivity contribution in [3.05, 3.63) is 68.7 Å². The largest absolute Gasteiger partial charge is 0.463 e. The third-order valence-corrected chi connectivity index (χ3v) is 7.44. The fourth-order valence-electron chi connectivity index (χ4n) is 4.72. The summed E-state index contributed by atoms with van der Waals surface area (Å²) in [6.07, 6.45) is -3.97. The molecule has 2 aromatic carbocycles. The van der Waals surface area contributed by atoms with Crippen LogP contribution in [-0.2, 0) is 55.7 Å². The Balaban J connectivity index is 2.10. The van der Waals surface area contributed by atoms with E-state index in [4.69, 9.17) is 23.7 Å². The molecule has 1 aliphatic heterocycles. The molecule has 1 saturated heterocycles. The zero-order valence-electron chi connectivity index (χ0n) is 23.5. The van der Waals surface area contributed by atoms with Crippen molar-refractivity contribution in [2.45, 2.75) is 84.9 Å². The molecule has 2 aromatic rings. The van der Waals surface area contributed by atoms with Gasteiger partial charge in [0.2, 0.25) is 0 Å². The molecule has 0 aromatic heterocycles. The van der Waals surface area contributed by atoms with Crippen molar-refractivity contribution in [1.82, 2.24) is 0 Å². The molecule has 9 nitrogen and oxygen atoms in total. The second-order valence-electron chi connectivity index (χ2n) is 9.75. The minimum atomic E-state index is -1.23. The molecule has 10 heteroatoms. The fourth-order valence-corrected chi connectivity index (χ4v) is 5.24. The fraction of sp³-hybridized carbons (Fsp3) is 0.467. The number of esters is 4. The molecule has 0 aliphatic carbocycles. The van der Waals surface area contributed by atoms with Gasteiger partial charge >= 0.3 is 23.9 Å². The van der Waals surface area contributed by atoms with Gasteiger partial charge in [-0.3, -0.25) is 19.2 Å². The van der Waals surface area contributed by atoms with Crippen molar-refractivity contribution in [3.8, 4) is 0 Å². The van der Waals surface area contributed by atoms with E-state index in [0.717, 1.165) is 27.6 Å². The summed E-state index contributed by atoms with van der Waals surface area (Å²) < 4.78 is 29.1. The van der Waals surface area contributed by atoms with Crippen LogP contribution in [0, 0.1) is 6.92 Å². The number of halogens is 1. The summed E-state index contributed by atoms with van der Waals surface area (Å²) in [6, 6.07) is 12.2. The zero-order valence-corrected chi connectivity index (χ0v) is 25.1. The van der Waals surface area contributed by atoms with Crippen LogP contribution in [0.25, 0.3) is 0 Å². The highest BCUT2D eigenvalue weighted by Gasteiger charge is 2.52. The Kier molecular flexibility index (Phi) is 10.9. The topological polar surface area (TPSA) is 114 Å². The highest BCUT2D eigenvalue weighted by molar-refractivity contribution is 9.10. The van der Waals surface area contributed by atoms with Gasteiger partial charge in [-0.05, 0) is 53.6 Å². The molecule has 0 radical (unpaired) electrons. The highest BCUT2D eigenvalue weighted by Crippen LogP contribution is 2.39. The lowest BCUT2D eigenvalue weighted by Gasteiger charge is -2.44. The van der Waals surface area contributed by atoms with E-state index in [1.54, 1.807) is 0 Å². The Morgan fingerprint density at radius 3 is 1.90 bits per heavy atom. The monoisotopic (exact) mass is 618 g/mol. The molecule has 0 amide bonds. The first kappa shape index (κ1) is 31.3. The van der Waals surface area contributed by atoms with E-state index in [9.17, 15) is 19.2 Å². The van der Waals surface area contributed by atoms with Gasteiger partial charge in [0.25, 0.3) is 0 Å². The lowest BCUT2D eigenvalue weighted by molar-refractivity contribution is -0.254. The Morgan fingerprint density at radius 1 is 0.800 bits per heavy atom. The molecule has 1 heterocycles. The summed E-state index contributed by atoms with van der Waals surface area (Å²) in [6.45, 7) is 8.68. The minimum Gasteiger partial charge on any atom is -0.463 e. The van der Waals surface area contributed by atoms with Gasteiger partial charge in [-0.2, -0.15) is 0 Å². The molecule has 216 valence electrons. The lowest BCUT2D eigenvalue weighted by Crippen LogP contribution is -2.59. The number of rotatable bonds is 9. The van der Waals surface area contributed by atoms with E-state index >= 15 is 0 Å². The lowest BCUT2D eigenvalue weighted by atomic mass is 9.88. The van der Waals surface area contributed by atoms with Gasteiger partial charge in [-0.25, -0.2) is 0 Å². The van der Waals surface area contributed by atoms with Crippen LogP contribution in [0.15, 0.2) is 40.9 Å². The van der Waals surface area contributed by atoms with Gasteiger partial charge in [-0.1, -0.05) is 53.2 Å². The Morgan fingerprint density at radius 2 is 1.35 bits per heavy atom. The number of carbonyl (C=O) groups is 4. The zero-order chi connectivity index (χ0) is 29.6. The molecule has 0 N–H and O–H groups in total. The molecular formula is C30H35BrO9. The van der Waals surface area contributed by atoms with Crippen LogP contribution in [0.1, 0.15) is 68.5 Å². The van der Waals surface area contributed by atoms with E-state index in [1.165, 1.54) is 33.3 Å². The van der Waals surface area contributed by atoms with Gasteiger partial charge in [-0.15, -0.1) is 0 Å². The molecule has 0 spiro atoms. The van der Waals surface area contributed by atoms with E-state index < -0.39 is 54.4 Å². The molecule has 4 unspecified atom stereocenters. The summed E-state index contributed by atoms with van der Waals surface area (Å²) in [5.41, 5.74) is 5.02. The first-order valence-electron chi connectivity index (χ1n) is 13.1. The summed E-state index contributed by atoms with van der Waals surface area (Å²) in [5, 5.41) is 0. The van der Waals surface area contributed by atoms with Gasteiger partial charge in [0.15, 0.2) is 18.3 Å². The third-order valence-electron chi connectivity index (χ3n) is 6.62. The quantitative estimate of drug-likeness (QED) is 0.291. The molecule has 40 heavy (non-hydrogen) atoms. The van der Waals surface area contributed by atoms with Crippen molar-refractivity contribution < 1.29 is 42.9 Å². The number of carbonyl (C=O) groups excluding carboxylic acids is 4. The van der Waals surface area contributed by atoms with Gasteiger partial charge < -0.3 is 23.7 Å². The Labute approximate surface area is 242 Å². The standard InChI is InChI=1S/C30H35BrO9/c1-7-21-8-10-22(11-9-21)12-23-13-24(14-25(31)16(23)2)27-29(38-19(5)34)30(39-20(6)35)28(37-18(4)33)26(40-27)15-36-17(3)32/h8-11,13-14,26-30H,7,12,15H2,1-6H3/t26?,27-,28?,29?,30?/m0/s1. The molecule has 3 rings (SSSR count). The summed E-state index contributed by atoms with van der Waals surface area (Å²) in [7, 11) is 0. The van der Waals surface area contributed by atoms with Gasteiger partial charge in [0.05, 0.1) is 0 Å². The maximum Gasteiger partial charge on any atom is 0.303 e. The second-order valence-corrected chi connectivity index (χ2v) is 10.6. The second kappa shape index (κ2) is 13.9. The smallest absolute Gasteiger partial charge is 0.303 e. The number of aryl methyl sites for hydroxylation is 1. The predicted molar refractivity (Wildman–Crippen MR) is 148 cm³/mol. The van der Waals surface area contributed by atoms with E-state index in [0.29, 0.717) is 12.0 Å². The SMILES string of the molecule is CCc1ccc(Cc2cc([C@@H]3OC(COC(C)=O)C(OC(C)=O)C(OC(C)=O)C3OC(C)=O)cc(Br)c2C)cc1. The van der Waals surface area contributed by atoms with Crippen molar-refractivity contribution in [2.24, 2.45) is 0 Å². The number of ether oxygens (including phenoxy) is 5. The van der Waals surface area contributed by atoms with Crippen molar-refractivity contribution in [2.75, 3.05) is 6.61 Å². The van der Waals surface area contributed by atoms with Crippen molar-refractivity contribution in [1.29, 1.82) is 0 Å². The first-order valence-corrected chi connectivity index (χ1v) is 13.9. The third kappa shape index (κ3) is 8.14. The van der Waals surface area contributed by atoms with E-state index in [-0.39, 0.29) is 6.61 Å². The van der Waals surface area contributed by atoms with Crippen LogP contribution in [0.2, 0.25) is 0 Å². The maximum atomic E-state index is 12.2. The van der Waals surface area contributed by atoms with Crippen LogP contribution in [0.5, 0.6) is 0 Å². The average Bonchev–Trinajstić information content (AvgIpc) is 2.87. The summed E-state index contributed by atoms with van der Waals surface area (Å²) in [4.78, 5) is 48.0. The highest BCUT2D eigenvalue weighted by atomic mass is 79.9. The maximum absolute atomic E-state index is 12.2. The van der Waals surface area contributed by atoms with Crippen LogP contribution in [0.3, 0.4) is 0 Å². The van der Waals surface area contributed by atoms with Crippen LogP contribution >= 0.6 is 15.9 Å². The van der Waals surface area contributed by atoms with Crippen LogP contribution in [0.4, 0.5) is 0 Å². The van der Waals surface area contributed by atoms with Crippen molar-refractivity contribution in [3.63, 3.8) is 0 Å². The first-order chi connectivity index (χ1) is 18.9. The molecule has 0 saturated carbocycles. The van der Waals surface area contributed by atoms with Crippen LogP contribution < -0.4 is 0 Å². The molecule has 1 aliphatic rings. The van der Waals surface area contributed by atoms with Gasteiger partial charge in [0.1, 0.15) is 18.8 Å². The Hall–Kier alpha value is -3.24. The minimum absolute atomic E-state index is 0.280. The van der Waals surface area contributed by atoms with E-state index in [2.05, 4.69) is 47.1 Å². The molecule has 1 fully saturated rings. The van der Waals surface area contributed by atoms with E-state index in [1.807, 2.05) is 19.1 Å². The normalized spacial score (nSPS) is 22.2. The summed E-state index contributed by atoms with van der Waals surface area (Å²) >= 11 is 3.65. The van der Waals surface area contributed by atoms with Crippen molar-refractivity contribution >= 4 is 39.8 Å². The number of hydrogen-bond donors (Lipinski definition) is 0. The summed E-state index contributed by atoms with van der Waals surface area (Å²) in [5.74, 6) is -2.55.